The summed E-state index contributed by atoms with van der Waals surface area (Å²) >= 11 is 0. The van der Waals surface area contributed by atoms with Crippen LogP contribution < -0.4 is 0 Å². The van der Waals surface area contributed by atoms with Gasteiger partial charge < -0.3 is 19.6 Å². The Morgan fingerprint density at radius 3 is 2.03 bits per heavy atom. The number of aliphatic carboxylic acids is 1. The minimum Gasteiger partial charge on any atom is -0.481 e. The third-order valence-electron chi connectivity index (χ3n) is 9.94. The summed E-state index contributed by atoms with van der Waals surface area (Å²) in [6, 6.07) is 0. The molecule has 2 rings (SSSR count). The van der Waals surface area contributed by atoms with Crippen molar-refractivity contribution in [2.45, 2.75) is 117 Å². The fourth-order valence-electron chi connectivity index (χ4n) is 6.04. The number of unbranched alkanes of at least 4 members (excludes halogenated alkanes) is 4. The van der Waals surface area contributed by atoms with E-state index in [4.69, 9.17) is 9.84 Å². The second-order valence-electron chi connectivity index (χ2n) is 12.3. The van der Waals surface area contributed by atoms with E-state index in [2.05, 4.69) is 65.4 Å². The summed E-state index contributed by atoms with van der Waals surface area (Å²) in [5.41, 5.74) is 0.0680. The summed E-state index contributed by atoms with van der Waals surface area (Å²) in [6.45, 7) is 15.6. The predicted octanol–water partition coefficient (Wildman–Crippen LogP) is 5.45. The zero-order chi connectivity index (χ0) is 25.7. The normalized spacial score (nSPS) is 30.6. The Kier molecular flexibility index (Phi) is 10.4. The average molecular weight is 481 g/mol. The largest absolute Gasteiger partial charge is 0.481 e. The van der Waals surface area contributed by atoms with E-state index in [1.807, 2.05) is 0 Å². The van der Waals surface area contributed by atoms with Crippen molar-refractivity contribution in [3.8, 4) is 0 Å². The van der Waals surface area contributed by atoms with Gasteiger partial charge in [-0.1, -0.05) is 39.5 Å². The van der Waals surface area contributed by atoms with Crippen LogP contribution in [-0.2, 0) is 14.3 Å². The lowest BCUT2D eigenvalue weighted by Crippen LogP contribution is -2.57. The molecule has 0 bridgehead atoms. The molecule has 1 N–H and O–H groups in total. The van der Waals surface area contributed by atoms with Crippen molar-refractivity contribution in [1.29, 1.82) is 0 Å². The van der Waals surface area contributed by atoms with Crippen molar-refractivity contribution < 1.29 is 19.4 Å². The highest BCUT2D eigenvalue weighted by molar-refractivity contribution is 5.73. The number of carboxylic acid groups (broad SMARTS) is 1. The first kappa shape index (κ1) is 29.1. The molecule has 0 saturated carbocycles. The predicted molar refractivity (Wildman–Crippen MR) is 138 cm³/mol. The minimum absolute atomic E-state index is 0.0114. The van der Waals surface area contributed by atoms with E-state index < -0.39 is 5.97 Å². The third-order valence-corrected chi connectivity index (χ3v) is 9.94. The molecule has 0 spiro atoms. The SMILES string of the molecule is CC1C(OC(=O)C(CCCCCCCC(=O)O)C2CCN(C)C(C)(C)C2C)CCN(C)C1(C)C. The Labute approximate surface area is 208 Å². The molecule has 0 amide bonds. The van der Waals surface area contributed by atoms with Crippen LogP contribution in [0.4, 0.5) is 0 Å². The molecule has 5 atom stereocenters. The van der Waals surface area contributed by atoms with Crippen molar-refractivity contribution in [3.63, 3.8) is 0 Å². The van der Waals surface area contributed by atoms with E-state index in [0.717, 1.165) is 64.5 Å². The summed E-state index contributed by atoms with van der Waals surface area (Å²) in [7, 11) is 4.36. The van der Waals surface area contributed by atoms with Gasteiger partial charge in [0.1, 0.15) is 6.10 Å². The van der Waals surface area contributed by atoms with E-state index in [9.17, 15) is 9.59 Å². The summed E-state index contributed by atoms with van der Waals surface area (Å²) in [6.07, 6.45) is 7.80. The number of carbonyl (C=O) groups excluding carboxylic acids is 1. The Balaban J connectivity index is 2.05. The van der Waals surface area contributed by atoms with Crippen LogP contribution in [0.5, 0.6) is 0 Å². The quantitative estimate of drug-likeness (QED) is 0.313. The van der Waals surface area contributed by atoms with E-state index in [0.29, 0.717) is 11.8 Å². The molecule has 0 aromatic heterocycles. The smallest absolute Gasteiger partial charge is 0.309 e. The van der Waals surface area contributed by atoms with Gasteiger partial charge >= 0.3 is 11.9 Å². The molecule has 0 aromatic carbocycles. The van der Waals surface area contributed by atoms with Crippen molar-refractivity contribution >= 4 is 11.9 Å². The van der Waals surface area contributed by atoms with Gasteiger partial charge in [0.2, 0.25) is 0 Å². The summed E-state index contributed by atoms with van der Waals surface area (Å²) in [4.78, 5) is 29.2. The molecule has 5 unspecified atom stereocenters. The Bertz CT molecular complexity index is 677. The van der Waals surface area contributed by atoms with Gasteiger partial charge in [-0.3, -0.25) is 9.59 Å². The maximum absolute atomic E-state index is 13.7. The summed E-state index contributed by atoms with van der Waals surface area (Å²) in [5, 5.41) is 8.82. The second kappa shape index (κ2) is 12.2. The van der Waals surface area contributed by atoms with Gasteiger partial charge in [-0.15, -0.1) is 0 Å². The summed E-state index contributed by atoms with van der Waals surface area (Å²) in [5.74, 6) is 0.271. The van der Waals surface area contributed by atoms with Crippen LogP contribution in [0.2, 0.25) is 0 Å². The number of piperidine rings is 2. The monoisotopic (exact) mass is 480 g/mol. The number of carbonyl (C=O) groups is 2. The first-order valence-corrected chi connectivity index (χ1v) is 13.6. The molecule has 2 fully saturated rings. The molecule has 0 radical (unpaired) electrons. The van der Waals surface area contributed by atoms with Gasteiger partial charge in [-0.05, 0) is 85.9 Å². The molecule has 2 aliphatic rings. The fraction of sp³-hybridized carbons (Fsp3) is 0.929. The third kappa shape index (κ3) is 6.96. The van der Waals surface area contributed by atoms with Gasteiger partial charge in [0, 0.05) is 30.0 Å². The van der Waals surface area contributed by atoms with E-state index in [-0.39, 0.29) is 41.4 Å². The number of nitrogens with zero attached hydrogens (tertiary/aromatic N) is 2. The maximum atomic E-state index is 13.7. The number of hydrogen-bond acceptors (Lipinski definition) is 5. The van der Waals surface area contributed by atoms with Crippen LogP contribution in [0.1, 0.15) is 99.3 Å². The minimum atomic E-state index is -0.715. The zero-order valence-corrected chi connectivity index (χ0v) is 23.2. The van der Waals surface area contributed by atoms with Crippen molar-refractivity contribution in [1.82, 2.24) is 9.80 Å². The molecule has 0 aromatic rings. The maximum Gasteiger partial charge on any atom is 0.309 e. The van der Waals surface area contributed by atoms with Crippen LogP contribution >= 0.6 is 0 Å². The topological polar surface area (TPSA) is 70.1 Å². The van der Waals surface area contributed by atoms with Crippen LogP contribution in [0.3, 0.4) is 0 Å². The van der Waals surface area contributed by atoms with E-state index in [1.54, 1.807) is 0 Å². The number of carboxylic acids is 1. The molecule has 6 heteroatoms. The van der Waals surface area contributed by atoms with Crippen LogP contribution in [-0.4, -0.2) is 71.2 Å². The van der Waals surface area contributed by atoms with E-state index in [1.165, 1.54) is 0 Å². The second-order valence-corrected chi connectivity index (χ2v) is 12.3. The highest BCUT2D eigenvalue weighted by Crippen LogP contribution is 2.43. The molecule has 2 saturated heterocycles. The first-order chi connectivity index (χ1) is 15.8. The van der Waals surface area contributed by atoms with E-state index >= 15 is 0 Å². The molecule has 6 nitrogen and oxygen atoms in total. The molecular weight excluding hydrogens is 428 g/mol. The van der Waals surface area contributed by atoms with Crippen molar-refractivity contribution in [2.24, 2.45) is 23.7 Å². The first-order valence-electron chi connectivity index (χ1n) is 13.6. The Morgan fingerprint density at radius 2 is 1.41 bits per heavy atom. The van der Waals surface area contributed by atoms with Crippen molar-refractivity contribution in [3.05, 3.63) is 0 Å². The van der Waals surface area contributed by atoms with Gasteiger partial charge in [-0.2, -0.15) is 0 Å². The van der Waals surface area contributed by atoms with Gasteiger partial charge in [0.15, 0.2) is 0 Å². The highest BCUT2D eigenvalue weighted by atomic mass is 16.5. The van der Waals surface area contributed by atoms with Gasteiger partial charge in [0.05, 0.1) is 5.92 Å². The average Bonchev–Trinajstić information content (AvgIpc) is 2.76. The van der Waals surface area contributed by atoms with Crippen molar-refractivity contribution in [2.75, 3.05) is 27.2 Å². The standard InChI is InChI=1S/C28H52N2O4/c1-20-22(16-18-29(7)27(20,3)4)23(14-12-10-9-11-13-15-25(31)32)26(33)34-24-17-19-30(8)28(5,6)21(24)2/h20-24H,9-19H2,1-8H3,(H,31,32). The molecule has 2 heterocycles. The lowest BCUT2D eigenvalue weighted by atomic mass is 9.67. The molecule has 0 aliphatic carbocycles. The highest BCUT2D eigenvalue weighted by Gasteiger charge is 2.46. The number of rotatable bonds is 11. The Hall–Kier alpha value is -1.14. The zero-order valence-electron chi connectivity index (χ0n) is 23.2. The fourth-order valence-corrected chi connectivity index (χ4v) is 6.04. The van der Waals surface area contributed by atoms with Gasteiger partial charge in [0.25, 0.3) is 0 Å². The molecular formula is C28H52N2O4. The lowest BCUT2D eigenvalue weighted by molar-refractivity contribution is -0.169. The number of hydrogen-bond donors (Lipinski definition) is 1. The number of esters is 1. The van der Waals surface area contributed by atoms with Crippen LogP contribution in [0, 0.1) is 23.7 Å². The number of likely N-dealkylation sites (tertiary alicyclic amines) is 2. The molecule has 34 heavy (non-hydrogen) atoms. The van der Waals surface area contributed by atoms with Crippen LogP contribution in [0.25, 0.3) is 0 Å². The number of ether oxygens (including phenoxy) is 1. The van der Waals surface area contributed by atoms with Gasteiger partial charge in [-0.25, -0.2) is 0 Å². The molecule has 2 aliphatic heterocycles. The molecule has 198 valence electrons. The lowest BCUT2D eigenvalue weighted by Gasteiger charge is -2.51. The Morgan fingerprint density at radius 1 is 0.882 bits per heavy atom. The van der Waals surface area contributed by atoms with Crippen LogP contribution in [0.15, 0.2) is 0 Å². The summed E-state index contributed by atoms with van der Waals surface area (Å²) < 4.78 is 6.32.